The molecule has 0 unspecified atom stereocenters. The number of methoxy groups -OCH3 is 1. The average Bonchev–Trinajstić information content (AvgIpc) is 3.00. The molecule has 6 nitrogen and oxygen atoms in total. The minimum absolute atomic E-state index is 0.0272. The van der Waals surface area contributed by atoms with Gasteiger partial charge in [-0.15, -0.1) is 0 Å². The molecule has 0 saturated carbocycles. The quantitative estimate of drug-likeness (QED) is 0.619. The van der Waals surface area contributed by atoms with E-state index in [1.54, 1.807) is 19.1 Å². The van der Waals surface area contributed by atoms with Crippen molar-refractivity contribution in [2.45, 2.75) is 25.2 Å². The maximum atomic E-state index is 12.8. The SMILES string of the molecule is CCC(=O)c1cc(C(=O)OC)n(S(=O)(=O)c2ccc(C)cc2)c1. The summed E-state index contributed by atoms with van der Waals surface area (Å²) in [4.78, 5) is 23.7. The van der Waals surface area contributed by atoms with Gasteiger partial charge in [0.2, 0.25) is 0 Å². The number of carbonyl (C=O) groups is 2. The van der Waals surface area contributed by atoms with Crippen LogP contribution in [-0.2, 0) is 14.8 Å². The van der Waals surface area contributed by atoms with Crippen molar-refractivity contribution in [3.8, 4) is 0 Å². The number of ether oxygens (including phenoxy) is 1. The third-order valence-electron chi connectivity index (χ3n) is 3.40. The molecule has 2 aromatic rings. The van der Waals surface area contributed by atoms with E-state index in [-0.39, 0.29) is 28.4 Å². The van der Waals surface area contributed by atoms with E-state index in [4.69, 9.17) is 0 Å². The summed E-state index contributed by atoms with van der Waals surface area (Å²) in [6.45, 7) is 3.50. The summed E-state index contributed by atoms with van der Waals surface area (Å²) in [6.07, 6.45) is 1.36. The van der Waals surface area contributed by atoms with Crippen molar-refractivity contribution in [2.24, 2.45) is 0 Å². The van der Waals surface area contributed by atoms with Gasteiger partial charge in [-0.2, -0.15) is 0 Å². The minimum atomic E-state index is -4.00. The first-order chi connectivity index (χ1) is 10.8. The Balaban J connectivity index is 2.64. The zero-order valence-corrected chi connectivity index (χ0v) is 13.9. The van der Waals surface area contributed by atoms with E-state index >= 15 is 0 Å². The molecule has 1 aromatic heterocycles. The van der Waals surface area contributed by atoms with Crippen molar-refractivity contribution in [2.75, 3.05) is 7.11 Å². The van der Waals surface area contributed by atoms with Gasteiger partial charge in [0.1, 0.15) is 5.69 Å². The highest BCUT2D eigenvalue weighted by Gasteiger charge is 2.26. The van der Waals surface area contributed by atoms with Crippen LogP contribution in [0.1, 0.15) is 39.8 Å². The first-order valence-corrected chi connectivity index (χ1v) is 8.41. The van der Waals surface area contributed by atoms with Crippen LogP contribution in [-0.4, -0.2) is 31.3 Å². The number of benzene rings is 1. The molecule has 0 radical (unpaired) electrons. The number of esters is 1. The van der Waals surface area contributed by atoms with Gasteiger partial charge in [0.05, 0.1) is 12.0 Å². The Labute approximate surface area is 134 Å². The third kappa shape index (κ3) is 3.19. The molecule has 0 aliphatic rings. The summed E-state index contributed by atoms with van der Waals surface area (Å²) >= 11 is 0. The smallest absolute Gasteiger partial charge is 0.355 e. The monoisotopic (exact) mass is 335 g/mol. The number of rotatable bonds is 5. The zero-order chi connectivity index (χ0) is 17.2. The molecule has 2 rings (SSSR count). The molecule has 1 aromatic carbocycles. The Bertz CT molecular complexity index is 847. The molecule has 0 fully saturated rings. The van der Waals surface area contributed by atoms with E-state index in [1.165, 1.54) is 18.2 Å². The Kier molecular flexibility index (Phi) is 4.70. The number of ketones is 1. The lowest BCUT2D eigenvalue weighted by atomic mass is 10.2. The largest absolute Gasteiger partial charge is 0.464 e. The van der Waals surface area contributed by atoms with E-state index in [0.29, 0.717) is 0 Å². The van der Waals surface area contributed by atoms with E-state index < -0.39 is 16.0 Å². The summed E-state index contributed by atoms with van der Waals surface area (Å²) < 4.78 is 30.9. The predicted molar refractivity (Wildman–Crippen MR) is 84.2 cm³/mol. The van der Waals surface area contributed by atoms with Crippen LogP contribution in [0, 0.1) is 6.92 Å². The standard InChI is InChI=1S/C16H17NO5S/c1-4-15(18)12-9-14(16(19)22-3)17(10-12)23(20,21)13-7-5-11(2)6-8-13/h5-10H,4H2,1-3H3. The van der Waals surface area contributed by atoms with Crippen LogP contribution in [0.3, 0.4) is 0 Å². The lowest BCUT2D eigenvalue weighted by molar-refractivity contribution is 0.0592. The van der Waals surface area contributed by atoms with Crippen molar-refractivity contribution in [1.82, 2.24) is 3.97 Å². The number of carbonyl (C=O) groups excluding carboxylic acids is 2. The van der Waals surface area contributed by atoms with Gasteiger partial charge < -0.3 is 4.74 Å². The van der Waals surface area contributed by atoms with Crippen molar-refractivity contribution >= 4 is 21.8 Å². The molecule has 0 N–H and O–H groups in total. The molecule has 0 spiro atoms. The van der Waals surface area contributed by atoms with Gasteiger partial charge in [0, 0.05) is 18.2 Å². The Morgan fingerprint density at radius 1 is 1.17 bits per heavy atom. The fourth-order valence-corrected chi connectivity index (χ4v) is 3.42. The Morgan fingerprint density at radius 2 is 1.78 bits per heavy atom. The highest BCUT2D eigenvalue weighted by atomic mass is 32.2. The van der Waals surface area contributed by atoms with Crippen molar-refractivity contribution in [3.05, 3.63) is 53.3 Å². The van der Waals surface area contributed by atoms with Crippen LogP contribution < -0.4 is 0 Å². The molecule has 0 bridgehead atoms. The lowest BCUT2D eigenvalue weighted by Crippen LogP contribution is -2.18. The number of aromatic nitrogens is 1. The van der Waals surface area contributed by atoms with Crippen LogP contribution in [0.4, 0.5) is 0 Å². The highest BCUT2D eigenvalue weighted by molar-refractivity contribution is 7.90. The van der Waals surface area contributed by atoms with Gasteiger partial charge in [-0.1, -0.05) is 24.6 Å². The van der Waals surface area contributed by atoms with Gasteiger partial charge in [-0.3, -0.25) is 4.79 Å². The molecule has 23 heavy (non-hydrogen) atoms. The molecular formula is C16H17NO5S. The molecular weight excluding hydrogens is 318 g/mol. The lowest BCUT2D eigenvalue weighted by Gasteiger charge is -2.09. The van der Waals surface area contributed by atoms with E-state index in [1.807, 2.05) is 6.92 Å². The van der Waals surface area contributed by atoms with Crippen LogP contribution in [0.15, 0.2) is 41.4 Å². The van der Waals surface area contributed by atoms with E-state index in [9.17, 15) is 18.0 Å². The van der Waals surface area contributed by atoms with Crippen LogP contribution in [0.2, 0.25) is 0 Å². The second kappa shape index (κ2) is 6.37. The second-order valence-corrected chi connectivity index (χ2v) is 6.81. The summed E-state index contributed by atoms with van der Waals surface area (Å²) in [7, 11) is -2.85. The van der Waals surface area contributed by atoms with Gasteiger partial charge in [-0.25, -0.2) is 17.2 Å². The molecule has 7 heteroatoms. The summed E-state index contributed by atoms with van der Waals surface area (Å²) in [5, 5.41) is 0. The first-order valence-electron chi connectivity index (χ1n) is 6.97. The molecule has 0 aliphatic carbocycles. The molecule has 0 amide bonds. The zero-order valence-electron chi connectivity index (χ0n) is 13.1. The minimum Gasteiger partial charge on any atom is -0.464 e. The molecule has 0 atom stereocenters. The fourth-order valence-electron chi connectivity index (χ4n) is 2.08. The normalized spacial score (nSPS) is 11.3. The predicted octanol–water partition coefficient (Wildman–Crippen LogP) is 2.41. The molecule has 1 heterocycles. The van der Waals surface area contributed by atoms with Crippen molar-refractivity contribution in [1.29, 1.82) is 0 Å². The molecule has 0 aliphatic heterocycles. The number of hydrogen-bond donors (Lipinski definition) is 0. The molecule has 122 valence electrons. The van der Waals surface area contributed by atoms with Gasteiger partial charge in [0.25, 0.3) is 10.0 Å². The van der Waals surface area contributed by atoms with E-state index in [2.05, 4.69) is 4.74 Å². The van der Waals surface area contributed by atoms with Crippen LogP contribution in [0.25, 0.3) is 0 Å². The third-order valence-corrected chi connectivity index (χ3v) is 5.09. The fraction of sp³-hybridized carbons (Fsp3) is 0.250. The van der Waals surface area contributed by atoms with Gasteiger partial charge in [0.15, 0.2) is 5.78 Å². The van der Waals surface area contributed by atoms with Gasteiger partial charge in [-0.05, 0) is 25.1 Å². The van der Waals surface area contributed by atoms with E-state index in [0.717, 1.165) is 22.8 Å². The summed E-state index contributed by atoms with van der Waals surface area (Å²) in [5.41, 5.74) is 0.861. The second-order valence-electron chi connectivity index (χ2n) is 5.00. The maximum absolute atomic E-state index is 12.8. The molecule has 0 saturated heterocycles. The van der Waals surface area contributed by atoms with Crippen LogP contribution >= 0.6 is 0 Å². The number of nitrogens with zero attached hydrogens (tertiary/aromatic N) is 1. The van der Waals surface area contributed by atoms with Crippen molar-refractivity contribution in [3.63, 3.8) is 0 Å². The summed E-state index contributed by atoms with van der Waals surface area (Å²) in [6, 6.07) is 7.46. The number of hydrogen-bond acceptors (Lipinski definition) is 5. The number of Topliss-reactive ketones (excluding diaryl/α,β-unsaturated/α-hetero) is 1. The Morgan fingerprint density at radius 3 is 2.30 bits per heavy atom. The Hall–Kier alpha value is -2.41. The number of aryl methyl sites for hydroxylation is 1. The van der Waals surface area contributed by atoms with Crippen molar-refractivity contribution < 1.29 is 22.7 Å². The average molecular weight is 335 g/mol. The van der Waals surface area contributed by atoms with Crippen LogP contribution in [0.5, 0.6) is 0 Å². The first kappa shape index (κ1) is 17.0. The topological polar surface area (TPSA) is 82.4 Å². The maximum Gasteiger partial charge on any atom is 0.355 e. The summed E-state index contributed by atoms with van der Waals surface area (Å²) in [5.74, 6) is -1.08. The van der Waals surface area contributed by atoms with Gasteiger partial charge >= 0.3 is 5.97 Å². The highest BCUT2D eigenvalue weighted by Crippen LogP contribution is 2.21.